The van der Waals surface area contributed by atoms with Gasteiger partial charge < -0.3 is 9.57 Å². The smallest absolute Gasteiger partial charge is 0.350 e. The van der Waals surface area contributed by atoms with E-state index in [9.17, 15) is 4.79 Å². The number of hydroxylamine groups is 1. The predicted octanol–water partition coefficient (Wildman–Crippen LogP) is 3.35. The third kappa shape index (κ3) is 9.00. The quantitative estimate of drug-likeness (QED) is 0.797. The molecule has 0 aromatic rings. The van der Waals surface area contributed by atoms with Gasteiger partial charge in [0, 0.05) is 13.2 Å². The number of methoxy groups -OCH3 is 1. The van der Waals surface area contributed by atoms with Gasteiger partial charge in [0.15, 0.2) is 0 Å². The van der Waals surface area contributed by atoms with Crippen LogP contribution in [0.25, 0.3) is 0 Å². The fourth-order valence-electron chi connectivity index (χ4n) is 2.58. The zero-order valence-corrected chi connectivity index (χ0v) is 12.3. The van der Waals surface area contributed by atoms with Crippen molar-refractivity contribution in [3.05, 3.63) is 0 Å². The Kier molecular flexibility index (Phi) is 9.72. The van der Waals surface area contributed by atoms with Gasteiger partial charge in [-0.1, -0.05) is 57.8 Å². The second kappa shape index (κ2) is 11.2. The Morgan fingerprint density at radius 3 is 1.89 bits per heavy atom. The zero-order chi connectivity index (χ0) is 13.8. The standard InChI is InChI=1S/C15H29NO3/c1-18-13-15(17)19-16-14-11-9-7-5-3-2-4-6-8-10-12-14/h14,16H,2-13H2,1H3. The summed E-state index contributed by atoms with van der Waals surface area (Å²) in [6.07, 6.45) is 14.1. The van der Waals surface area contributed by atoms with E-state index in [4.69, 9.17) is 9.57 Å². The maximum atomic E-state index is 11.3. The Bertz CT molecular complexity index is 221. The van der Waals surface area contributed by atoms with Crippen molar-refractivity contribution in [3.8, 4) is 0 Å². The summed E-state index contributed by atoms with van der Waals surface area (Å²) in [7, 11) is 1.50. The van der Waals surface area contributed by atoms with Gasteiger partial charge in [-0.25, -0.2) is 4.79 Å². The molecule has 19 heavy (non-hydrogen) atoms. The molecule has 1 aliphatic rings. The lowest BCUT2D eigenvalue weighted by atomic mass is 9.98. The minimum atomic E-state index is -0.339. The van der Waals surface area contributed by atoms with Gasteiger partial charge in [0.05, 0.1) is 0 Å². The molecule has 0 spiro atoms. The molecule has 0 radical (unpaired) electrons. The van der Waals surface area contributed by atoms with Crippen molar-refractivity contribution >= 4 is 5.97 Å². The Labute approximate surface area is 117 Å². The van der Waals surface area contributed by atoms with E-state index in [1.54, 1.807) is 0 Å². The van der Waals surface area contributed by atoms with Gasteiger partial charge in [-0.15, -0.1) is 5.48 Å². The summed E-state index contributed by atoms with van der Waals surface area (Å²) in [5, 5.41) is 0. The molecule has 0 saturated heterocycles. The molecule has 0 atom stereocenters. The fourth-order valence-corrected chi connectivity index (χ4v) is 2.58. The molecule has 0 aliphatic heterocycles. The molecule has 0 bridgehead atoms. The molecule has 1 N–H and O–H groups in total. The van der Waals surface area contributed by atoms with E-state index in [0.717, 1.165) is 12.8 Å². The van der Waals surface area contributed by atoms with Crippen LogP contribution in [0.15, 0.2) is 0 Å². The molecule has 1 saturated carbocycles. The number of rotatable bonds is 4. The maximum Gasteiger partial charge on any atom is 0.350 e. The summed E-state index contributed by atoms with van der Waals surface area (Å²) in [4.78, 5) is 16.3. The monoisotopic (exact) mass is 271 g/mol. The zero-order valence-electron chi connectivity index (χ0n) is 12.3. The van der Waals surface area contributed by atoms with Gasteiger partial charge >= 0.3 is 5.97 Å². The first-order valence-corrected chi connectivity index (χ1v) is 7.77. The van der Waals surface area contributed by atoms with E-state index in [1.165, 1.54) is 64.9 Å². The Morgan fingerprint density at radius 2 is 1.42 bits per heavy atom. The molecule has 1 fully saturated rings. The summed E-state index contributed by atoms with van der Waals surface area (Å²) in [5.41, 5.74) is 2.93. The number of hydrogen-bond acceptors (Lipinski definition) is 4. The average Bonchev–Trinajstić information content (AvgIpc) is 2.38. The lowest BCUT2D eigenvalue weighted by Gasteiger charge is -2.18. The van der Waals surface area contributed by atoms with Crippen molar-refractivity contribution in [3.63, 3.8) is 0 Å². The summed E-state index contributed by atoms with van der Waals surface area (Å²) in [5.74, 6) is -0.339. The highest BCUT2D eigenvalue weighted by atomic mass is 16.7. The van der Waals surface area contributed by atoms with E-state index in [0.29, 0.717) is 6.04 Å². The molecule has 0 amide bonds. The number of ether oxygens (including phenoxy) is 1. The van der Waals surface area contributed by atoms with Crippen LogP contribution in [0.3, 0.4) is 0 Å². The molecular weight excluding hydrogens is 242 g/mol. The lowest BCUT2D eigenvalue weighted by Crippen LogP contribution is -2.33. The first kappa shape index (κ1) is 16.4. The van der Waals surface area contributed by atoms with Crippen molar-refractivity contribution in [2.75, 3.05) is 13.7 Å². The second-order valence-corrected chi connectivity index (χ2v) is 5.48. The maximum absolute atomic E-state index is 11.3. The van der Waals surface area contributed by atoms with Crippen LogP contribution in [0.4, 0.5) is 0 Å². The third-order valence-electron chi connectivity index (χ3n) is 3.71. The van der Waals surface area contributed by atoms with Crippen LogP contribution < -0.4 is 5.48 Å². The van der Waals surface area contributed by atoms with Crippen LogP contribution in [0, 0.1) is 0 Å². The van der Waals surface area contributed by atoms with Crippen LogP contribution in [0.1, 0.15) is 70.6 Å². The van der Waals surface area contributed by atoms with Gasteiger partial charge in [0.2, 0.25) is 0 Å². The molecule has 4 heteroatoms. The van der Waals surface area contributed by atoms with Crippen LogP contribution >= 0.6 is 0 Å². The normalized spacial score (nSPS) is 20.3. The van der Waals surface area contributed by atoms with Crippen LogP contribution in [0.2, 0.25) is 0 Å². The summed E-state index contributed by atoms with van der Waals surface area (Å²) in [6.45, 7) is 0.0136. The van der Waals surface area contributed by atoms with Crippen molar-refractivity contribution < 1.29 is 14.4 Å². The van der Waals surface area contributed by atoms with E-state index in [2.05, 4.69) is 5.48 Å². The molecule has 0 aromatic heterocycles. The molecule has 1 aliphatic carbocycles. The van der Waals surface area contributed by atoms with E-state index >= 15 is 0 Å². The van der Waals surface area contributed by atoms with Gasteiger partial charge in [0.1, 0.15) is 6.61 Å². The Morgan fingerprint density at radius 1 is 0.947 bits per heavy atom. The number of carbonyl (C=O) groups is 1. The summed E-state index contributed by atoms with van der Waals surface area (Å²) < 4.78 is 4.74. The molecule has 4 nitrogen and oxygen atoms in total. The Balaban J connectivity index is 2.24. The largest absolute Gasteiger partial charge is 0.373 e. The first-order chi connectivity index (χ1) is 9.33. The lowest BCUT2D eigenvalue weighted by molar-refractivity contribution is -0.157. The number of carbonyl (C=O) groups excluding carboxylic acids is 1. The molecule has 0 heterocycles. The SMILES string of the molecule is COCC(=O)ONC1CCCCCCCCCCC1. The van der Waals surface area contributed by atoms with E-state index in [-0.39, 0.29) is 12.6 Å². The van der Waals surface area contributed by atoms with Crippen LogP contribution in [-0.2, 0) is 14.4 Å². The fraction of sp³-hybridized carbons (Fsp3) is 0.933. The third-order valence-corrected chi connectivity index (χ3v) is 3.71. The van der Waals surface area contributed by atoms with E-state index in [1.807, 2.05) is 0 Å². The minimum absolute atomic E-state index is 0.0136. The predicted molar refractivity (Wildman–Crippen MR) is 75.7 cm³/mol. The highest BCUT2D eigenvalue weighted by Crippen LogP contribution is 2.16. The first-order valence-electron chi connectivity index (χ1n) is 7.77. The second-order valence-electron chi connectivity index (χ2n) is 5.48. The van der Waals surface area contributed by atoms with Crippen molar-refractivity contribution in [1.82, 2.24) is 5.48 Å². The molecule has 1 rings (SSSR count). The number of nitrogens with one attached hydrogen (secondary N) is 1. The summed E-state index contributed by atoms with van der Waals surface area (Å²) in [6, 6.07) is 0.306. The Hall–Kier alpha value is -0.610. The van der Waals surface area contributed by atoms with Crippen molar-refractivity contribution in [1.29, 1.82) is 0 Å². The van der Waals surface area contributed by atoms with Gasteiger partial charge in [-0.3, -0.25) is 0 Å². The number of hydrogen-bond donors (Lipinski definition) is 1. The molecule has 112 valence electrons. The van der Waals surface area contributed by atoms with Crippen LogP contribution in [0.5, 0.6) is 0 Å². The van der Waals surface area contributed by atoms with Gasteiger partial charge in [-0.05, 0) is 12.8 Å². The molecule has 0 unspecified atom stereocenters. The van der Waals surface area contributed by atoms with Gasteiger partial charge in [0.25, 0.3) is 0 Å². The highest BCUT2D eigenvalue weighted by Gasteiger charge is 2.11. The van der Waals surface area contributed by atoms with Crippen molar-refractivity contribution in [2.45, 2.75) is 76.7 Å². The van der Waals surface area contributed by atoms with Crippen molar-refractivity contribution in [2.24, 2.45) is 0 Å². The average molecular weight is 271 g/mol. The topological polar surface area (TPSA) is 47.6 Å². The molecule has 0 aromatic carbocycles. The van der Waals surface area contributed by atoms with Gasteiger partial charge in [-0.2, -0.15) is 0 Å². The minimum Gasteiger partial charge on any atom is -0.373 e. The molecular formula is C15H29NO3. The summed E-state index contributed by atoms with van der Waals surface area (Å²) >= 11 is 0. The highest BCUT2D eigenvalue weighted by molar-refractivity contribution is 5.70. The van der Waals surface area contributed by atoms with E-state index < -0.39 is 0 Å². The van der Waals surface area contributed by atoms with Crippen LogP contribution in [-0.4, -0.2) is 25.7 Å².